The molecule has 2 amide bonds. The van der Waals surface area contributed by atoms with Crippen molar-refractivity contribution in [2.45, 2.75) is 31.7 Å². The van der Waals surface area contributed by atoms with Gasteiger partial charge in [-0.2, -0.15) is 0 Å². The van der Waals surface area contributed by atoms with Gasteiger partial charge in [-0.1, -0.05) is 6.07 Å². The topological polar surface area (TPSA) is 83.6 Å². The van der Waals surface area contributed by atoms with Crippen molar-refractivity contribution in [2.24, 2.45) is 5.92 Å². The molecular formula is C18H22F2N2O4S. The van der Waals surface area contributed by atoms with Crippen molar-refractivity contribution in [2.75, 3.05) is 24.6 Å². The molecule has 3 unspecified atom stereocenters. The highest BCUT2D eigenvalue weighted by molar-refractivity contribution is 7.91. The van der Waals surface area contributed by atoms with Crippen LogP contribution >= 0.6 is 0 Å². The van der Waals surface area contributed by atoms with Gasteiger partial charge in [0.25, 0.3) is 0 Å². The van der Waals surface area contributed by atoms with E-state index in [1.54, 1.807) is 6.92 Å². The first-order chi connectivity index (χ1) is 12.7. The van der Waals surface area contributed by atoms with Crippen LogP contribution in [-0.2, 0) is 19.4 Å². The van der Waals surface area contributed by atoms with Crippen molar-refractivity contribution in [1.29, 1.82) is 0 Å². The van der Waals surface area contributed by atoms with E-state index in [4.69, 9.17) is 0 Å². The lowest BCUT2D eigenvalue weighted by molar-refractivity contribution is -0.137. The molecule has 3 atom stereocenters. The molecule has 0 spiro atoms. The Labute approximate surface area is 156 Å². The van der Waals surface area contributed by atoms with Crippen LogP contribution < -0.4 is 5.32 Å². The predicted octanol–water partition coefficient (Wildman–Crippen LogP) is 1.22. The highest BCUT2D eigenvalue weighted by Crippen LogP contribution is 2.50. The fourth-order valence-electron chi connectivity index (χ4n) is 3.59. The van der Waals surface area contributed by atoms with Crippen molar-refractivity contribution in [3.05, 3.63) is 35.4 Å². The summed E-state index contributed by atoms with van der Waals surface area (Å²) in [6, 6.07) is 3.18. The van der Waals surface area contributed by atoms with Crippen LogP contribution in [0.25, 0.3) is 0 Å². The lowest BCUT2D eigenvalue weighted by atomic mass is 10.1. The number of carbonyl (C=O) groups is 2. The first-order valence-electron chi connectivity index (χ1n) is 8.94. The summed E-state index contributed by atoms with van der Waals surface area (Å²) in [7, 11) is -3.11. The van der Waals surface area contributed by atoms with Crippen LogP contribution in [0.5, 0.6) is 0 Å². The van der Waals surface area contributed by atoms with Crippen LogP contribution in [0, 0.1) is 17.6 Å². The van der Waals surface area contributed by atoms with E-state index < -0.39 is 45.3 Å². The molecule has 27 heavy (non-hydrogen) atoms. The number of sulfone groups is 1. The minimum absolute atomic E-state index is 0.0479. The van der Waals surface area contributed by atoms with Gasteiger partial charge >= 0.3 is 0 Å². The molecule has 3 rings (SSSR count). The smallest absolute Gasteiger partial charge is 0.239 e. The van der Waals surface area contributed by atoms with Gasteiger partial charge < -0.3 is 10.2 Å². The van der Waals surface area contributed by atoms with Crippen LogP contribution in [0.3, 0.4) is 0 Å². The van der Waals surface area contributed by atoms with Crippen molar-refractivity contribution >= 4 is 21.7 Å². The van der Waals surface area contributed by atoms with Gasteiger partial charge in [0.1, 0.15) is 11.6 Å². The summed E-state index contributed by atoms with van der Waals surface area (Å²) in [6.45, 7) is 1.79. The third-order valence-electron chi connectivity index (χ3n) is 5.10. The Hall–Kier alpha value is -2.03. The van der Waals surface area contributed by atoms with Crippen LogP contribution in [-0.4, -0.2) is 55.8 Å². The number of amides is 2. The zero-order valence-corrected chi connectivity index (χ0v) is 15.8. The molecule has 0 aromatic heterocycles. The first-order valence-corrected chi connectivity index (χ1v) is 10.8. The summed E-state index contributed by atoms with van der Waals surface area (Å²) in [4.78, 5) is 26.1. The van der Waals surface area contributed by atoms with Crippen LogP contribution in [0.1, 0.15) is 31.2 Å². The Morgan fingerprint density at radius 2 is 1.93 bits per heavy atom. The fraction of sp³-hybridized carbons (Fsp3) is 0.556. The second-order valence-corrected chi connectivity index (χ2v) is 9.33. The molecular weight excluding hydrogens is 378 g/mol. The zero-order valence-electron chi connectivity index (χ0n) is 15.0. The quantitative estimate of drug-likeness (QED) is 0.778. The van der Waals surface area contributed by atoms with Gasteiger partial charge in [-0.05, 0) is 31.9 Å². The molecule has 0 radical (unpaired) electrons. The minimum Gasteiger partial charge on any atom is -0.351 e. The summed E-state index contributed by atoms with van der Waals surface area (Å²) in [5.74, 6) is -3.19. The third-order valence-corrected chi connectivity index (χ3v) is 6.87. The highest BCUT2D eigenvalue weighted by atomic mass is 32.2. The van der Waals surface area contributed by atoms with Gasteiger partial charge in [-0.3, -0.25) is 9.59 Å². The zero-order chi connectivity index (χ0) is 19.8. The second-order valence-electron chi connectivity index (χ2n) is 7.10. The maximum absolute atomic E-state index is 13.9. The number of rotatable bonds is 6. The number of carbonyl (C=O) groups excluding carboxylic acids is 2. The normalized spacial score (nSPS) is 25.8. The maximum atomic E-state index is 13.9. The van der Waals surface area contributed by atoms with Gasteiger partial charge in [-0.15, -0.1) is 0 Å². The molecule has 1 aromatic rings. The summed E-state index contributed by atoms with van der Waals surface area (Å²) in [6.07, 6.45) is 0.709. The van der Waals surface area contributed by atoms with Crippen LogP contribution in [0.15, 0.2) is 18.2 Å². The maximum Gasteiger partial charge on any atom is 0.239 e. The van der Waals surface area contributed by atoms with Crippen LogP contribution in [0.2, 0.25) is 0 Å². The summed E-state index contributed by atoms with van der Waals surface area (Å²) in [5, 5.41) is 2.64. The molecule has 1 aliphatic heterocycles. The van der Waals surface area contributed by atoms with Gasteiger partial charge in [0.2, 0.25) is 11.8 Å². The van der Waals surface area contributed by atoms with Crippen molar-refractivity contribution < 1.29 is 26.8 Å². The lowest BCUT2D eigenvalue weighted by Crippen LogP contribution is -2.45. The number of nitrogens with zero attached hydrogens (tertiary/aromatic N) is 1. The van der Waals surface area contributed by atoms with E-state index in [1.165, 1.54) is 23.1 Å². The summed E-state index contributed by atoms with van der Waals surface area (Å²) < 4.78 is 50.7. The molecule has 148 valence electrons. The van der Waals surface area contributed by atoms with E-state index >= 15 is 0 Å². The standard InChI is InChI=1S/C18H22F2N2O4S/c1-2-22(9-16(23)21-11-6-7-27(25,26)10-11)18(24)13-8-12(13)17-14(19)4-3-5-15(17)20/h3-5,11-13H,2,6-10H2,1H3,(H,21,23). The third kappa shape index (κ3) is 4.45. The van der Waals surface area contributed by atoms with Gasteiger partial charge in [0, 0.05) is 30.0 Å². The SMILES string of the molecule is CCN(CC(=O)NC1CCS(=O)(=O)C1)C(=O)C1CC1c1c(F)cccc1F. The Morgan fingerprint density at radius 1 is 1.26 bits per heavy atom. The number of hydrogen-bond acceptors (Lipinski definition) is 4. The molecule has 1 aromatic carbocycles. The monoisotopic (exact) mass is 400 g/mol. The molecule has 1 saturated heterocycles. The summed E-state index contributed by atoms with van der Waals surface area (Å²) >= 11 is 0. The number of hydrogen-bond donors (Lipinski definition) is 1. The fourth-order valence-corrected chi connectivity index (χ4v) is 5.26. The van der Waals surface area contributed by atoms with Gasteiger partial charge in [0.15, 0.2) is 9.84 Å². The molecule has 1 N–H and O–H groups in total. The molecule has 1 heterocycles. The van der Waals surface area contributed by atoms with Crippen molar-refractivity contribution in [3.63, 3.8) is 0 Å². The number of halogens is 2. The average molecular weight is 400 g/mol. The Bertz CT molecular complexity index is 839. The molecule has 6 nitrogen and oxygen atoms in total. The van der Waals surface area contributed by atoms with E-state index in [2.05, 4.69) is 5.32 Å². The second kappa shape index (κ2) is 7.53. The molecule has 1 aliphatic carbocycles. The molecule has 2 aliphatic rings. The largest absolute Gasteiger partial charge is 0.351 e. The van der Waals surface area contributed by atoms with E-state index in [1.807, 2.05) is 0 Å². The molecule has 1 saturated carbocycles. The Balaban J connectivity index is 1.58. The lowest BCUT2D eigenvalue weighted by Gasteiger charge is -2.22. The van der Waals surface area contributed by atoms with Gasteiger partial charge in [0.05, 0.1) is 18.1 Å². The first kappa shape index (κ1) is 19.7. The number of likely N-dealkylation sites (N-methyl/N-ethyl adjacent to an activating group) is 1. The molecule has 9 heteroatoms. The predicted molar refractivity (Wildman–Crippen MR) is 94.7 cm³/mol. The van der Waals surface area contributed by atoms with E-state index in [0.717, 1.165) is 0 Å². The van der Waals surface area contributed by atoms with Crippen molar-refractivity contribution in [1.82, 2.24) is 10.2 Å². The van der Waals surface area contributed by atoms with Crippen LogP contribution in [0.4, 0.5) is 8.78 Å². The van der Waals surface area contributed by atoms with E-state index in [-0.39, 0.29) is 36.1 Å². The Kier molecular flexibility index (Phi) is 5.50. The minimum atomic E-state index is -3.11. The van der Waals surface area contributed by atoms with Crippen molar-refractivity contribution in [3.8, 4) is 0 Å². The number of nitrogens with one attached hydrogen (secondary N) is 1. The summed E-state index contributed by atoms with van der Waals surface area (Å²) in [5.41, 5.74) is -0.0764. The average Bonchev–Trinajstić information content (AvgIpc) is 3.29. The van der Waals surface area contributed by atoms with Gasteiger partial charge in [-0.25, -0.2) is 17.2 Å². The molecule has 2 fully saturated rings. The van der Waals surface area contributed by atoms with E-state index in [9.17, 15) is 26.8 Å². The molecule has 0 bridgehead atoms. The van der Waals surface area contributed by atoms with E-state index in [0.29, 0.717) is 12.8 Å². The number of benzene rings is 1. The highest BCUT2D eigenvalue weighted by Gasteiger charge is 2.48. The Morgan fingerprint density at radius 3 is 2.48 bits per heavy atom.